The summed E-state index contributed by atoms with van der Waals surface area (Å²) in [5, 5.41) is 0.644. The van der Waals surface area contributed by atoms with Gasteiger partial charge in [-0.3, -0.25) is 13.8 Å². The molecule has 0 saturated heterocycles. The summed E-state index contributed by atoms with van der Waals surface area (Å²) in [4.78, 5) is 16.3. The Morgan fingerprint density at radius 2 is 2.22 bits per heavy atom. The van der Waals surface area contributed by atoms with E-state index in [9.17, 15) is 4.79 Å². The maximum absolute atomic E-state index is 11.8. The van der Waals surface area contributed by atoms with Crippen LogP contribution in [0.4, 0.5) is 0 Å². The Morgan fingerprint density at radius 1 is 1.39 bits per heavy atom. The smallest absolute Gasteiger partial charge is 0.255 e. The van der Waals surface area contributed by atoms with E-state index in [1.165, 1.54) is 6.07 Å². The fraction of sp³-hybridized carbons (Fsp3) is 0.0769. The molecule has 0 saturated carbocycles. The predicted molar refractivity (Wildman–Crippen MR) is 72.2 cm³/mol. The summed E-state index contributed by atoms with van der Waals surface area (Å²) < 4.78 is 3.42. The topological polar surface area (TPSA) is 39.3 Å². The molecule has 0 N–H and O–H groups in total. The van der Waals surface area contributed by atoms with Crippen LogP contribution in [0.25, 0.3) is 16.8 Å². The standard InChI is InChI=1S/C13H10ClN3O/c1-2-6-17-12(18)5-7-16-11-8-9(14)3-4-10(11)15-13(16)17/h2-5,7-8H,1,6H2. The number of aromatic nitrogens is 3. The van der Waals surface area contributed by atoms with Gasteiger partial charge in [-0.25, -0.2) is 4.98 Å². The highest BCUT2D eigenvalue weighted by Gasteiger charge is 2.09. The van der Waals surface area contributed by atoms with Gasteiger partial charge in [0.2, 0.25) is 5.78 Å². The Morgan fingerprint density at radius 3 is 3.00 bits per heavy atom. The van der Waals surface area contributed by atoms with E-state index in [0.717, 1.165) is 11.0 Å². The Kier molecular flexibility index (Phi) is 2.45. The second-order valence-electron chi connectivity index (χ2n) is 3.97. The molecule has 3 rings (SSSR count). The van der Waals surface area contributed by atoms with Crippen LogP contribution in [-0.2, 0) is 6.54 Å². The molecule has 0 spiro atoms. The van der Waals surface area contributed by atoms with E-state index >= 15 is 0 Å². The highest BCUT2D eigenvalue weighted by atomic mass is 35.5. The van der Waals surface area contributed by atoms with Crippen LogP contribution in [0.15, 0.2) is 47.9 Å². The molecule has 0 bridgehead atoms. The Balaban J connectivity index is 2.49. The molecule has 0 aliphatic rings. The van der Waals surface area contributed by atoms with Crippen molar-refractivity contribution >= 4 is 28.4 Å². The minimum atomic E-state index is -0.0937. The molecular weight excluding hydrogens is 250 g/mol. The van der Waals surface area contributed by atoms with E-state index in [0.29, 0.717) is 17.3 Å². The SMILES string of the molecule is C=CCn1c(=O)ccn2c3cc(Cl)ccc3nc12. The first-order chi connectivity index (χ1) is 8.70. The second-order valence-corrected chi connectivity index (χ2v) is 4.40. The quantitative estimate of drug-likeness (QED) is 0.664. The Labute approximate surface area is 108 Å². The van der Waals surface area contributed by atoms with Gasteiger partial charge in [0.15, 0.2) is 0 Å². The van der Waals surface area contributed by atoms with Crippen molar-refractivity contribution in [3.63, 3.8) is 0 Å². The number of allylic oxidation sites excluding steroid dienone is 1. The molecule has 0 aliphatic carbocycles. The second kappa shape index (κ2) is 3.99. The summed E-state index contributed by atoms with van der Waals surface area (Å²) in [5.74, 6) is 0.597. The van der Waals surface area contributed by atoms with Crippen molar-refractivity contribution in [1.82, 2.24) is 14.0 Å². The molecular formula is C13H10ClN3O. The highest BCUT2D eigenvalue weighted by Crippen LogP contribution is 2.19. The zero-order valence-electron chi connectivity index (χ0n) is 9.51. The third-order valence-corrected chi connectivity index (χ3v) is 3.05. The van der Waals surface area contributed by atoms with Gasteiger partial charge in [-0.05, 0) is 18.2 Å². The van der Waals surface area contributed by atoms with Crippen LogP contribution in [-0.4, -0.2) is 14.0 Å². The van der Waals surface area contributed by atoms with Gasteiger partial charge in [0.25, 0.3) is 5.56 Å². The lowest BCUT2D eigenvalue weighted by molar-refractivity contribution is 0.777. The van der Waals surface area contributed by atoms with Gasteiger partial charge >= 0.3 is 0 Å². The van der Waals surface area contributed by atoms with E-state index in [-0.39, 0.29) is 5.56 Å². The molecule has 0 unspecified atom stereocenters. The zero-order chi connectivity index (χ0) is 12.7. The monoisotopic (exact) mass is 259 g/mol. The van der Waals surface area contributed by atoms with Crippen LogP contribution in [0.2, 0.25) is 5.02 Å². The minimum Gasteiger partial charge on any atom is -0.285 e. The number of rotatable bonds is 2. The van der Waals surface area contributed by atoms with Gasteiger partial charge in [0, 0.05) is 23.8 Å². The van der Waals surface area contributed by atoms with Gasteiger partial charge in [-0.1, -0.05) is 17.7 Å². The summed E-state index contributed by atoms with van der Waals surface area (Å²) >= 11 is 5.98. The van der Waals surface area contributed by atoms with Crippen molar-refractivity contribution in [1.29, 1.82) is 0 Å². The van der Waals surface area contributed by atoms with Crippen LogP contribution < -0.4 is 5.56 Å². The fourth-order valence-corrected chi connectivity index (χ4v) is 2.18. The number of hydrogen-bond acceptors (Lipinski definition) is 2. The van der Waals surface area contributed by atoms with Crippen molar-refractivity contribution in [2.75, 3.05) is 0 Å². The molecule has 0 amide bonds. The Bertz CT molecular complexity index is 816. The normalized spacial score (nSPS) is 11.2. The lowest BCUT2D eigenvalue weighted by Gasteiger charge is -2.03. The average Bonchev–Trinajstić information content (AvgIpc) is 2.71. The number of fused-ring (bicyclic) bond motifs is 3. The van der Waals surface area contributed by atoms with Crippen molar-refractivity contribution in [2.24, 2.45) is 0 Å². The zero-order valence-corrected chi connectivity index (χ0v) is 10.3. The first kappa shape index (κ1) is 11.0. The number of nitrogens with zero attached hydrogens (tertiary/aromatic N) is 3. The van der Waals surface area contributed by atoms with Gasteiger partial charge in [-0.15, -0.1) is 6.58 Å². The summed E-state index contributed by atoms with van der Waals surface area (Å²) in [5.41, 5.74) is 1.60. The largest absolute Gasteiger partial charge is 0.285 e. The third-order valence-electron chi connectivity index (χ3n) is 2.82. The predicted octanol–water partition coefficient (Wildman–Crippen LogP) is 2.49. The van der Waals surface area contributed by atoms with Gasteiger partial charge in [-0.2, -0.15) is 0 Å². The number of imidazole rings is 1. The van der Waals surface area contributed by atoms with E-state index in [2.05, 4.69) is 11.6 Å². The van der Waals surface area contributed by atoms with E-state index in [4.69, 9.17) is 11.6 Å². The van der Waals surface area contributed by atoms with Gasteiger partial charge < -0.3 is 0 Å². The van der Waals surface area contributed by atoms with Crippen LogP contribution in [0.3, 0.4) is 0 Å². The maximum Gasteiger partial charge on any atom is 0.255 e. The summed E-state index contributed by atoms with van der Waals surface area (Å²) in [6.07, 6.45) is 3.39. The summed E-state index contributed by atoms with van der Waals surface area (Å²) in [7, 11) is 0. The lowest BCUT2D eigenvalue weighted by atomic mass is 10.3. The molecule has 3 aromatic rings. The van der Waals surface area contributed by atoms with Gasteiger partial charge in [0.05, 0.1) is 11.0 Å². The molecule has 0 atom stereocenters. The molecule has 18 heavy (non-hydrogen) atoms. The van der Waals surface area contributed by atoms with Crippen LogP contribution >= 0.6 is 11.6 Å². The molecule has 2 heterocycles. The van der Waals surface area contributed by atoms with E-state index < -0.39 is 0 Å². The number of benzene rings is 1. The van der Waals surface area contributed by atoms with Gasteiger partial charge in [0.1, 0.15) is 0 Å². The van der Waals surface area contributed by atoms with E-state index in [1.54, 1.807) is 22.9 Å². The number of hydrogen-bond donors (Lipinski definition) is 0. The van der Waals surface area contributed by atoms with Crippen LogP contribution in [0.5, 0.6) is 0 Å². The minimum absolute atomic E-state index is 0.0937. The third kappa shape index (κ3) is 1.54. The molecule has 90 valence electrons. The fourth-order valence-electron chi connectivity index (χ4n) is 2.02. The molecule has 5 heteroatoms. The molecule has 4 nitrogen and oxygen atoms in total. The van der Waals surface area contributed by atoms with Crippen LogP contribution in [0.1, 0.15) is 0 Å². The molecule has 0 fully saturated rings. The van der Waals surface area contributed by atoms with Crippen molar-refractivity contribution in [3.05, 3.63) is 58.5 Å². The molecule has 0 aliphatic heterocycles. The molecule has 2 aromatic heterocycles. The average molecular weight is 260 g/mol. The maximum atomic E-state index is 11.8. The highest BCUT2D eigenvalue weighted by molar-refractivity contribution is 6.31. The van der Waals surface area contributed by atoms with Crippen molar-refractivity contribution in [2.45, 2.75) is 6.54 Å². The summed E-state index contributed by atoms with van der Waals surface area (Å²) in [6, 6.07) is 6.97. The number of halogens is 1. The lowest BCUT2D eigenvalue weighted by Crippen LogP contribution is -2.20. The van der Waals surface area contributed by atoms with Crippen molar-refractivity contribution < 1.29 is 0 Å². The Hall–Kier alpha value is -2.07. The van der Waals surface area contributed by atoms with Crippen LogP contribution in [0, 0.1) is 0 Å². The first-order valence-electron chi connectivity index (χ1n) is 5.49. The molecule has 1 aromatic carbocycles. The summed E-state index contributed by atoms with van der Waals surface area (Å²) in [6.45, 7) is 4.08. The van der Waals surface area contributed by atoms with Crippen molar-refractivity contribution in [3.8, 4) is 0 Å². The van der Waals surface area contributed by atoms with E-state index in [1.807, 2.05) is 16.5 Å². The molecule has 0 radical (unpaired) electrons. The first-order valence-corrected chi connectivity index (χ1v) is 5.86.